The van der Waals surface area contributed by atoms with Crippen LogP contribution in [0.5, 0.6) is 5.75 Å². The summed E-state index contributed by atoms with van der Waals surface area (Å²) in [5, 5.41) is 20.6. The highest BCUT2D eigenvalue weighted by Crippen LogP contribution is 2.36. The van der Waals surface area contributed by atoms with E-state index in [0.717, 1.165) is 10.9 Å². The molecule has 0 saturated heterocycles. The molecule has 3 aromatic carbocycles. The average Bonchev–Trinajstić information content (AvgIpc) is 3.16. The van der Waals surface area contributed by atoms with Crippen molar-refractivity contribution in [3.05, 3.63) is 76.9 Å². The molecule has 144 valence electrons. The first-order valence-corrected chi connectivity index (χ1v) is 8.85. The second-order valence-corrected chi connectivity index (χ2v) is 6.40. The van der Waals surface area contributed by atoms with Crippen molar-refractivity contribution in [1.82, 2.24) is 4.98 Å². The third kappa shape index (κ3) is 3.01. The van der Waals surface area contributed by atoms with Crippen molar-refractivity contribution in [1.29, 1.82) is 10.5 Å². The molecule has 0 spiro atoms. The van der Waals surface area contributed by atoms with Gasteiger partial charge in [-0.05, 0) is 36.4 Å². The van der Waals surface area contributed by atoms with Gasteiger partial charge in [0.25, 0.3) is 0 Å². The highest BCUT2D eigenvalue weighted by atomic mass is 16.5. The van der Waals surface area contributed by atoms with E-state index in [2.05, 4.69) is 9.72 Å². The second kappa shape index (κ2) is 7.42. The Hall–Kier alpha value is -4.62. The average molecular weight is 395 g/mol. The number of nitrogens with one attached hydrogen (secondary N) is 1. The van der Waals surface area contributed by atoms with E-state index in [9.17, 15) is 20.1 Å². The lowest BCUT2D eigenvalue weighted by molar-refractivity contribution is 0.0599. The zero-order valence-corrected chi connectivity index (χ0v) is 15.7. The van der Waals surface area contributed by atoms with Gasteiger partial charge in [-0.1, -0.05) is 18.2 Å². The van der Waals surface area contributed by atoms with E-state index in [0.29, 0.717) is 10.9 Å². The highest BCUT2D eigenvalue weighted by Gasteiger charge is 2.21. The molecule has 0 aliphatic carbocycles. The van der Waals surface area contributed by atoms with E-state index >= 15 is 0 Å². The maximum atomic E-state index is 12.7. The van der Waals surface area contributed by atoms with Crippen molar-refractivity contribution < 1.29 is 19.1 Å². The Labute approximate surface area is 170 Å². The fourth-order valence-electron chi connectivity index (χ4n) is 3.27. The summed E-state index contributed by atoms with van der Waals surface area (Å²) in [5.41, 5.74) is 1.78. The van der Waals surface area contributed by atoms with Crippen LogP contribution in [0.2, 0.25) is 0 Å². The van der Waals surface area contributed by atoms with Crippen LogP contribution in [0.15, 0.2) is 54.6 Å². The van der Waals surface area contributed by atoms with Gasteiger partial charge >= 0.3 is 11.9 Å². The minimum absolute atomic E-state index is 0.00945. The molecule has 0 aliphatic rings. The Morgan fingerprint density at radius 1 is 0.900 bits per heavy atom. The summed E-state index contributed by atoms with van der Waals surface area (Å²) in [6.07, 6.45) is 0. The molecule has 0 amide bonds. The van der Waals surface area contributed by atoms with Gasteiger partial charge in [-0.2, -0.15) is 10.5 Å². The Balaban J connectivity index is 1.83. The number of benzene rings is 3. The zero-order valence-electron chi connectivity index (χ0n) is 15.7. The predicted octanol–water partition coefficient (Wildman–Crippen LogP) is 4.07. The van der Waals surface area contributed by atoms with Crippen molar-refractivity contribution in [2.45, 2.75) is 0 Å². The number of ether oxygens (including phenoxy) is 2. The van der Waals surface area contributed by atoms with E-state index in [4.69, 9.17) is 4.74 Å². The Morgan fingerprint density at radius 3 is 2.20 bits per heavy atom. The number of hydrogen-bond donors (Lipinski definition) is 1. The molecule has 0 aliphatic heterocycles. The Bertz CT molecular complexity index is 1400. The molecule has 0 fully saturated rings. The molecule has 4 rings (SSSR count). The van der Waals surface area contributed by atoms with Crippen LogP contribution in [0.4, 0.5) is 0 Å². The number of rotatable bonds is 3. The lowest BCUT2D eigenvalue weighted by Crippen LogP contribution is -2.11. The van der Waals surface area contributed by atoms with Crippen molar-refractivity contribution in [3.63, 3.8) is 0 Å². The van der Waals surface area contributed by atoms with E-state index in [1.54, 1.807) is 6.07 Å². The van der Waals surface area contributed by atoms with Crippen LogP contribution in [0.25, 0.3) is 21.8 Å². The molecule has 0 saturated carbocycles. The van der Waals surface area contributed by atoms with Gasteiger partial charge in [0.2, 0.25) is 0 Å². The summed E-state index contributed by atoms with van der Waals surface area (Å²) in [4.78, 5) is 27.5. The van der Waals surface area contributed by atoms with Gasteiger partial charge in [-0.3, -0.25) is 0 Å². The number of nitrogens with zero attached hydrogens (tertiary/aromatic N) is 2. The number of carbonyl (C=O) groups excluding carboxylic acids is 2. The monoisotopic (exact) mass is 395 g/mol. The predicted molar refractivity (Wildman–Crippen MR) is 108 cm³/mol. The molecule has 1 aromatic heterocycles. The number of methoxy groups -OCH3 is 1. The number of esters is 2. The van der Waals surface area contributed by atoms with E-state index in [1.807, 2.05) is 36.4 Å². The molecule has 7 heteroatoms. The molecule has 1 heterocycles. The lowest BCUT2D eigenvalue weighted by atomic mass is 10.0. The van der Waals surface area contributed by atoms with Crippen molar-refractivity contribution >= 4 is 33.7 Å². The van der Waals surface area contributed by atoms with Gasteiger partial charge < -0.3 is 14.5 Å². The molecular weight excluding hydrogens is 382 g/mol. The summed E-state index contributed by atoms with van der Waals surface area (Å²) in [6, 6.07) is 18.7. The first-order chi connectivity index (χ1) is 14.6. The van der Waals surface area contributed by atoms with Crippen molar-refractivity contribution in [2.75, 3.05) is 7.11 Å². The highest BCUT2D eigenvalue weighted by molar-refractivity contribution is 6.11. The number of carbonyl (C=O) groups is 2. The van der Waals surface area contributed by atoms with Crippen LogP contribution in [-0.2, 0) is 4.74 Å². The summed E-state index contributed by atoms with van der Waals surface area (Å²) in [6.45, 7) is 0. The van der Waals surface area contributed by atoms with Gasteiger partial charge in [0.1, 0.15) is 17.7 Å². The van der Waals surface area contributed by atoms with Gasteiger partial charge in [-0.15, -0.1) is 0 Å². The van der Waals surface area contributed by atoms with Crippen LogP contribution in [0.1, 0.15) is 31.8 Å². The third-order valence-electron chi connectivity index (χ3n) is 4.73. The summed E-state index contributed by atoms with van der Waals surface area (Å²) >= 11 is 0. The molecular formula is C23H13N3O4. The number of fused-ring (bicyclic) bond motifs is 3. The SMILES string of the molecule is COC(=O)c1ccc(C(=O)Oc2c(C#N)c(C#N)cc3c2[nH]c2ccccc23)cc1. The van der Waals surface area contributed by atoms with Crippen molar-refractivity contribution in [3.8, 4) is 17.9 Å². The molecule has 0 atom stereocenters. The van der Waals surface area contributed by atoms with Crippen LogP contribution in [-0.4, -0.2) is 24.0 Å². The molecule has 0 radical (unpaired) electrons. The van der Waals surface area contributed by atoms with Crippen LogP contribution < -0.4 is 4.74 Å². The molecule has 7 nitrogen and oxygen atoms in total. The maximum absolute atomic E-state index is 12.7. The summed E-state index contributed by atoms with van der Waals surface area (Å²) < 4.78 is 10.2. The summed E-state index contributed by atoms with van der Waals surface area (Å²) in [7, 11) is 1.27. The number of nitriles is 2. The zero-order chi connectivity index (χ0) is 21.3. The van der Waals surface area contributed by atoms with Crippen LogP contribution >= 0.6 is 0 Å². The van der Waals surface area contributed by atoms with Crippen molar-refractivity contribution in [2.24, 2.45) is 0 Å². The largest absolute Gasteiger partial charge is 0.465 e. The van der Waals surface area contributed by atoms with Crippen LogP contribution in [0.3, 0.4) is 0 Å². The third-order valence-corrected chi connectivity index (χ3v) is 4.73. The normalized spacial score (nSPS) is 10.4. The fourth-order valence-corrected chi connectivity index (χ4v) is 3.27. The number of H-pyrrole nitrogens is 1. The number of para-hydroxylation sites is 1. The minimum Gasteiger partial charge on any atom is -0.465 e. The quantitative estimate of drug-likeness (QED) is 0.413. The smallest absolute Gasteiger partial charge is 0.343 e. The minimum atomic E-state index is -0.724. The van der Waals surface area contributed by atoms with Gasteiger partial charge in [-0.25, -0.2) is 9.59 Å². The molecule has 4 aromatic rings. The van der Waals surface area contributed by atoms with Gasteiger partial charge in [0.05, 0.1) is 29.3 Å². The van der Waals surface area contributed by atoms with E-state index in [-0.39, 0.29) is 28.0 Å². The van der Waals surface area contributed by atoms with Gasteiger partial charge in [0, 0.05) is 16.3 Å². The maximum Gasteiger partial charge on any atom is 0.343 e. The van der Waals surface area contributed by atoms with Crippen LogP contribution in [0, 0.1) is 22.7 Å². The standard InChI is InChI=1S/C23H13N3O4/c1-29-22(27)13-6-8-14(9-7-13)23(28)30-21-18(12-25)15(11-24)10-17-16-4-2-3-5-19(16)26-20(17)21/h2-10,26H,1H3. The second-order valence-electron chi connectivity index (χ2n) is 6.40. The molecule has 0 unspecified atom stereocenters. The van der Waals surface area contributed by atoms with E-state index in [1.165, 1.54) is 31.4 Å². The fraction of sp³-hybridized carbons (Fsp3) is 0.0435. The Kier molecular flexibility index (Phi) is 4.63. The molecule has 0 bridgehead atoms. The van der Waals surface area contributed by atoms with Gasteiger partial charge in [0.15, 0.2) is 5.75 Å². The first kappa shape index (κ1) is 18.7. The number of aromatic nitrogens is 1. The Morgan fingerprint density at radius 2 is 1.57 bits per heavy atom. The summed E-state index contributed by atoms with van der Waals surface area (Å²) in [5.74, 6) is -1.26. The van der Waals surface area contributed by atoms with E-state index < -0.39 is 11.9 Å². The first-order valence-electron chi connectivity index (χ1n) is 8.85. The number of hydrogen-bond acceptors (Lipinski definition) is 6. The number of aromatic amines is 1. The topological polar surface area (TPSA) is 116 Å². The lowest BCUT2D eigenvalue weighted by Gasteiger charge is -2.09. The molecule has 30 heavy (non-hydrogen) atoms. The molecule has 1 N–H and O–H groups in total.